The van der Waals surface area contributed by atoms with Gasteiger partial charge in [0, 0.05) is 25.8 Å². The SMILES string of the molecule is COCCCC(N)C(=O)Nc1ccc(CCC(=O)O)cc1. The van der Waals surface area contributed by atoms with Crippen molar-refractivity contribution in [3.63, 3.8) is 0 Å². The van der Waals surface area contributed by atoms with Gasteiger partial charge in [-0.1, -0.05) is 12.1 Å². The number of hydrogen-bond donors (Lipinski definition) is 3. The number of rotatable bonds is 9. The third-order valence-corrected chi connectivity index (χ3v) is 3.05. The Kier molecular flexibility index (Phi) is 7.42. The summed E-state index contributed by atoms with van der Waals surface area (Å²) in [7, 11) is 1.61. The molecule has 6 heteroatoms. The third kappa shape index (κ3) is 6.87. The second kappa shape index (κ2) is 9.10. The van der Waals surface area contributed by atoms with Crippen molar-refractivity contribution < 1.29 is 19.4 Å². The molecule has 0 spiro atoms. The molecular formula is C15H22N2O4. The standard InChI is InChI=1S/C15H22N2O4/c1-21-10-2-3-13(16)15(20)17-12-7-4-11(5-8-12)6-9-14(18)19/h4-5,7-8,13H,2-3,6,9-10,16H2,1H3,(H,17,20)(H,18,19). The summed E-state index contributed by atoms with van der Waals surface area (Å²) in [6.07, 6.45) is 1.87. The van der Waals surface area contributed by atoms with Crippen LogP contribution in [0.15, 0.2) is 24.3 Å². The van der Waals surface area contributed by atoms with Gasteiger partial charge in [-0.3, -0.25) is 9.59 Å². The van der Waals surface area contributed by atoms with E-state index in [9.17, 15) is 9.59 Å². The summed E-state index contributed by atoms with van der Waals surface area (Å²) >= 11 is 0. The fourth-order valence-corrected chi connectivity index (χ4v) is 1.82. The van der Waals surface area contributed by atoms with Gasteiger partial charge in [0.2, 0.25) is 5.91 Å². The van der Waals surface area contributed by atoms with Gasteiger partial charge in [-0.25, -0.2) is 0 Å². The Morgan fingerprint density at radius 3 is 2.57 bits per heavy atom. The second-order valence-corrected chi connectivity index (χ2v) is 4.82. The highest BCUT2D eigenvalue weighted by Crippen LogP contribution is 2.12. The normalized spacial score (nSPS) is 11.9. The maximum absolute atomic E-state index is 11.9. The maximum atomic E-state index is 11.9. The number of benzene rings is 1. The van der Waals surface area contributed by atoms with Crippen molar-refractivity contribution in [1.82, 2.24) is 0 Å². The molecule has 0 aliphatic carbocycles. The molecule has 1 aromatic carbocycles. The highest BCUT2D eigenvalue weighted by molar-refractivity contribution is 5.94. The van der Waals surface area contributed by atoms with E-state index in [1.165, 1.54) is 0 Å². The lowest BCUT2D eigenvalue weighted by molar-refractivity contribution is -0.137. The fourth-order valence-electron chi connectivity index (χ4n) is 1.82. The average molecular weight is 294 g/mol. The van der Waals surface area contributed by atoms with E-state index in [4.69, 9.17) is 15.6 Å². The van der Waals surface area contributed by atoms with Gasteiger partial charge in [0.25, 0.3) is 0 Å². The summed E-state index contributed by atoms with van der Waals surface area (Å²) in [5.74, 6) is -1.06. The number of anilines is 1. The van der Waals surface area contributed by atoms with Crippen molar-refractivity contribution in [3.05, 3.63) is 29.8 Å². The van der Waals surface area contributed by atoms with Gasteiger partial charge in [0.1, 0.15) is 0 Å². The molecule has 4 N–H and O–H groups in total. The number of methoxy groups -OCH3 is 1. The first-order valence-corrected chi connectivity index (χ1v) is 6.89. The van der Waals surface area contributed by atoms with Crippen LogP contribution in [-0.2, 0) is 20.7 Å². The molecule has 6 nitrogen and oxygen atoms in total. The molecule has 0 fully saturated rings. The van der Waals surface area contributed by atoms with Crippen LogP contribution in [0.3, 0.4) is 0 Å². The van der Waals surface area contributed by atoms with E-state index in [0.29, 0.717) is 25.1 Å². The van der Waals surface area contributed by atoms with Crippen LogP contribution >= 0.6 is 0 Å². The van der Waals surface area contributed by atoms with Crippen LogP contribution in [0.25, 0.3) is 0 Å². The number of hydrogen-bond acceptors (Lipinski definition) is 4. The highest BCUT2D eigenvalue weighted by Gasteiger charge is 2.13. The Morgan fingerprint density at radius 2 is 2.00 bits per heavy atom. The highest BCUT2D eigenvalue weighted by atomic mass is 16.5. The van der Waals surface area contributed by atoms with Crippen LogP contribution in [0.1, 0.15) is 24.8 Å². The van der Waals surface area contributed by atoms with Gasteiger partial charge in [-0.15, -0.1) is 0 Å². The molecule has 1 amide bonds. The molecule has 116 valence electrons. The summed E-state index contributed by atoms with van der Waals surface area (Å²) < 4.78 is 4.91. The van der Waals surface area contributed by atoms with E-state index >= 15 is 0 Å². The largest absolute Gasteiger partial charge is 0.481 e. The van der Waals surface area contributed by atoms with E-state index < -0.39 is 12.0 Å². The van der Waals surface area contributed by atoms with Gasteiger partial charge in [-0.05, 0) is 37.0 Å². The fraction of sp³-hybridized carbons (Fsp3) is 0.467. The molecule has 0 aliphatic rings. The minimum atomic E-state index is -0.825. The first kappa shape index (κ1) is 17.1. The Bertz CT molecular complexity index is 459. The zero-order valence-electron chi connectivity index (χ0n) is 12.2. The van der Waals surface area contributed by atoms with E-state index in [1.54, 1.807) is 31.4 Å². The Balaban J connectivity index is 2.43. The number of aryl methyl sites for hydroxylation is 1. The number of nitrogens with two attached hydrogens (primary N) is 1. The zero-order chi connectivity index (χ0) is 15.7. The topological polar surface area (TPSA) is 102 Å². The molecule has 1 rings (SSSR count). The van der Waals surface area contributed by atoms with Gasteiger partial charge < -0.3 is 20.9 Å². The molecule has 0 aliphatic heterocycles. The quantitative estimate of drug-likeness (QED) is 0.597. The third-order valence-electron chi connectivity index (χ3n) is 3.05. The molecule has 0 heterocycles. The van der Waals surface area contributed by atoms with Crippen molar-refractivity contribution in [3.8, 4) is 0 Å². The molecule has 1 aromatic rings. The van der Waals surface area contributed by atoms with Crippen LogP contribution in [0.2, 0.25) is 0 Å². The zero-order valence-corrected chi connectivity index (χ0v) is 12.2. The first-order chi connectivity index (χ1) is 10.0. The van der Waals surface area contributed by atoms with Crippen LogP contribution in [0.4, 0.5) is 5.69 Å². The number of carbonyl (C=O) groups is 2. The Hall–Kier alpha value is -1.92. The molecule has 0 aromatic heterocycles. The Morgan fingerprint density at radius 1 is 1.33 bits per heavy atom. The number of carboxylic acids is 1. The van der Waals surface area contributed by atoms with Crippen molar-refractivity contribution in [2.75, 3.05) is 19.0 Å². The summed E-state index contributed by atoms with van der Waals surface area (Å²) in [5, 5.41) is 11.4. The molecule has 1 unspecified atom stereocenters. The van der Waals surface area contributed by atoms with Crippen molar-refractivity contribution >= 4 is 17.6 Å². The number of aliphatic carboxylic acids is 1. The van der Waals surface area contributed by atoms with E-state index in [2.05, 4.69) is 5.32 Å². The summed E-state index contributed by atoms with van der Waals surface area (Å²) in [6.45, 7) is 0.583. The average Bonchev–Trinajstić information content (AvgIpc) is 2.46. The van der Waals surface area contributed by atoms with Gasteiger partial charge in [0.05, 0.1) is 6.04 Å². The number of nitrogens with one attached hydrogen (secondary N) is 1. The van der Waals surface area contributed by atoms with Crippen molar-refractivity contribution in [2.24, 2.45) is 5.73 Å². The molecule has 0 radical (unpaired) electrons. The molecule has 0 bridgehead atoms. The second-order valence-electron chi connectivity index (χ2n) is 4.82. The van der Waals surface area contributed by atoms with Gasteiger partial charge >= 0.3 is 5.97 Å². The predicted octanol–water partition coefficient (Wildman–Crippen LogP) is 1.40. The van der Waals surface area contributed by atoms with Crippen molar-refractivity contribution in [2.45, 2.75) is 31.7 Å². The van der Waals surface area contributed by atoms with Crippen LogP contribution in [-0.4, -0.2) is 36.7 Å². The number of ether oxygens (including phenoxy) is 1. The number of carbonyl (C=O) groups excluding carboxylic acids is 1. The Labute approximate surface area is 124 Å². The van der Waals surface area contributed by atoms with E-state index in [0.717, 1.165) is 12.0 Å². The van der Waals surface area contributed by atoms with E-state index in [-0.39, 0.29) is 12.3 Å². The molecule has 0 saturated heterocycles. The lowest BCUT2D eigenvalue weighted by atomic mass is 10.1. The maximum Gasteiger partial charge on any atom is 0.303 e. The summed E-state index contributed by atoms with van der Waals surface area (Å²) in [6, 6.07) is 6.53. The molecular weight excluding hydrogens is 272 g/mol. The lowest BCUT2D eigenvalue weighted by Gasteiger charge is -2.12. The summed E-state index contributed by atoms with van der Waals surface area (Å²) in [5.41, 5.74) is 7.35. The number of amides is 1. The molecule has 1 atom stereocenters. The van der Waals surface area contributed by atoms with Crippen molar-refractivity contribution in [1.29, 1.82) is 0 Å². The summed E-state index contributed by atoms with van der Waals surface area (Å²) in [4.78, 5) is 22.3. The minimum Gasteiger partial charge on any atom is -0.481 e. The molecule has 0 saturated carbocycles. The monoisotopic (exact) mass is 294 g/mol. The number of carboxylic acid groups (broad SMARTS) is 1. The minimum absolute atomic E-state index is 0.0933. The van der Waals surface area contributed by atoms with Gasteiger partial charge in [0.15, 0.2) is 0 Å². The lowest BCUT2D eigenvalue weighted by Crippen LogP contribution is -2.35. The van der Waals surface area contributed by atoms with Crippen LogP contribution in [0, 0.1) is 0 Å². The predicted molar refractivity (Wildman–Crippen MR) is 80.1 cm³/mol. The smallest absolute Gasteiger partial charge is 0.303 e. The first-order valence-electron chi connectivity index (χ1n) is 6.89. The van der Waals surface area contributed by atoms with E-state index in [1.807, 2.05) is 0 Å². The van der Waals surface area contributed by atoms with Crippen LogP contribution in [0.5, 0.6) is 0 Å². The molecule has 21 heavy (non-hydrogen) atoms. The van der Waals surface area contributed by atoms with Crippen LogP contribution < -0.4 is 11.1 Å². The van der Waals surface area contributed by atoms with Gasteiger partial charge in [-0.2, -0.15) is 0 Å².